The molecule has 0 radical (unpaired) electrons. The molecule has 0 aliphatic carbocycles. The average Bonchev–Trinajstić information content (AvgIpc) is 2.72. The van der Waals surface area contributed by atoms with E-state index in [-0.39, 0.29) is 5.82 Å². The third-order valence-electron chi connectivity index (χ3n) is 2.44. The Morgan fingerprint density at radius 2 is 1.82 bits per heavy atom. The topological polar surface area (TPSA) is 26.0 Å². The molecule has 2 aromatic carbocycles. The Hall–Kier alpha value is -1.87. The highest BCUT2D eigenvalue weighted by molar-refractivity contribution is 6.30. The number of hydrogen-bond donors (Lipinski definition) is 0. The number of fused-ring (bicyclic) bond motifs is 1. The number of nitrogens with zero attached hydrogens (tertiary/aromatic N) is 1. The van der Waals surface area contributed by atoms with Gasteiger partial charge < -0.3 is 4.42 Å². The van der Waals surface area contributed by atoms with Gasteiger partial charge in [-0.2, -0.15) is 0 Å². The Bertz CT molecular complexity index is 675. The molecule has 1 aromatic heterocycles. The molecule has 3 rings (SSSR count). The number of benzene rings is 2. The fraction of sp³-hybridized carbons (Fsp3) is 0. The van der Waals surface area contributed by atoms with Crippen LogP contribution in [-0.4, -0.2) is 4.98 Å². The van der Waals surface area contributed by atoms with E-state index in [9.17, 15) is 4.39 Å². The first-order valence-corrected chi connectivity index (χ1v) is 5.42. The van der Waals surface area contributed by atoms with Gasteiger partial charge in [-0.1, -0.05) is 11.6 Å². The zero-order valence-electron chi connectivity index (χ0n) is 8.65. The van der Waals surface area contributed by atoms with Crippen LogP contribution in [0.25, 0.3) is 22.6 Å². The monoisotopic (exact) mass is 247 g/mol. The molecular weight excluding hydrogens is 241 g/mol. The SMILES string of the molecule is Fc1ccc2nc(-c3ccc(Cl)cc3)oc2c1. The first-order chi connectivity index (χ1) is 8.22. The smallest absolute Gasteiger partial charge is 0.227 e. The van der Waals surface area contributed by atoms with Crippen molar-refractivity contribution in [3.63, 3.8) is 0 Å². The van der Waals surface area contributed by atoms with Crippen molar-refractivity contribution in [1.82, 2.24) is 4.98 Å². The number of oxazole rings is 1. The maximum absolute atomic E-state index is 13.0. The summed E-state index contributed by atoms with van der Waals surface area (Å²) in [6.07, 6.45) is 0. The molecule has 0 saturated carbocycles. The van der Waals surface area contributed by atoms with Gasteiger partial charge >= 0.3 is 0 Å². The fourth-order valence-corrected chi connectivity index (χ4v) is 1.74. The summed E-state index contributed by atoms with van der Waals surface area (Å²) in [6, 6.07) is 11.4. The van der Waals surface area contributed by atoms with Crippen molar-refractivity contribution in [2.45, 2.75) is 0 Å². The van der Waals surface area contributed by atoms with Gasteiger partial charge in [0.2, 0.25) is 5.89 Å². The lowest BCUT2D eigenvalue weighted by Crippen LogP contribution is -1.75. The molecule has 0 atom stereocenters. The van der Waals surface area contributed by atoms with E-state index in [0.717, 1.165) is 5.56 Å². The van der Waals surface area contributed by atoms with E-state index in [4.69, 9.17) is 16.0 Å². The molecule has 0 N–H and O–H groups in total. The molecule has 0 spiro atoms. The van der Waals surface area contributed by atoms with Crippen LogP contribution < -0.4 is 0 Å². The van der Waals surface area contributed by atoms with Crippen LogP contribution in [-0.2, 0) is 0 Å². The molecule has 1 heterocycles. The highest BCUT2D eigenvalue weighted by Crippen LogP contribution is 2.25. The molecule has 3 aromatic rings. The van der Waals surface area contributed by atoms with Crippen LogP contribution in [0.2, 0.25) is 5.02 Å². The minimum Gasteiger partial charge on any atom is -0.436 e. The normalized spacial score (nSPS) is 10.9. The largest absolute Gasteiger partial charge is 0.436 e. The summed E-state index contributed by atoms with van der Waals surface area (Å²) in [7, 11) is 0. The van der Waals surface area contributed by atoms with Crippen molar-refractivity contribution in [1.29, 1.82) is 0 Å². The van der Waals surface area contributed by atoms with E-state index in [0.29, 0.717) is 22.0 Å². The lowest BCUT2D eigenvalue weighted by molar-refractivity contribution is 0.602. The number of hydrogen-bond acceptors (Lipinski definition) is 2. The zero-order chi connectivity index (χ0) is 11.8. The van der Waals surface area contributed by atoms with Gasteiger partial charge in [0.1, 0.15) is 11.3 Å². The van der Waals surface area contributed by atoms with Crippen LogP contribution in [0.3, 0.4) is 0 Å². The molecule has 0 aliphatic heterocycles. The maximum atomic E-state index is 13.0. The van der Waals surface area contributed by atoms with Crippen LogP contribution in [0.1, 0.15) is 0 Å². The minimum absolute atomic E-state index is 0.337. The number of rotatable bonds is 1. The van der Waals surface area contributed by atoms with E-state index in [1.54, 1.807) is 18.2 Å². The second kappa shape index (κ2) is 3.86. The number of halogens is 2. The second-order valence-electron chi connectivity index (χ2n) is 3.64. The van der Waals surface area contributed by atoms with Crippen LogP contribution in [0.15, 0.2) is 46.9 Å². The highest BCUT2D eigenvalue weighted by atomic mass is 35.5. The summed E-state index contributed by atoms with van der Waals surface area (Å²) in [4.78, 5) is 4.28. The van der Waals surface area contributed by atoms with E-state index in [1.165, 1.54) is 12.1 Å². The highest BCUT2D eigenvalue weighted by Gasteiger charge is 2.08. The molecular formula is C13H7ClFNO. The lowest BCUT2D eigenvalue weighted by Gasteiger charge is -1.94. The van der Waals surface area contributed by atoms with Crippen molar-refractivity contribution in [2.24, 2.45) is 0 Å². The van der Waals surface area contributed by atoms with Crippen molar-refractivity contribution < 1.29 is 8.81 Å². The van der Waals surface area contributed by atoms with Gasteiger partial charge in [-0.3, -0.25) is 0 Å². The van der Waals surface area contributed by atoms with Crippen LogP contribution >= 0.6 is 11.6 Å². The maximum Gasteiger partial charge on any atom is 0.227 e. The molecule has 17 heavy (non-hydrogen) atoms. The molecule has 0 bridgehead atoms. The lowest BCUT2D eigenvalue weighted by atomic mass is 10.2. The molecule has 84 valence electrons. The Morgan fingerprint density at radius 1 is 1.06 bits per heavy atom. The third-order valence-corrected chi connectivity index (χ3v) is 2.69. The van der Waals surface area contributed by atoms with E-state index in [2.05, 4.69) is 4.98 Å². The molecule has 0 fully saturated rings. The number of aromatic nitrogens is 1. The Morgan fingerprint density at radius 3 is 2.59 bits per heavy atom. The first kappa shape index (κ1) is 10.3. The summed E-state index contributed by atoms with van der Waals surface area (Å²) in [5.74, 6) is 0.124. The predicted molar refractivity (Wildman–Crippen MR) is 64.4 cm³/mol. The molecule has 0 amide bonds. The van der Waals surface area contributed by atoms with Crippen molar-refractivity contribution in [3.8, 4) is 11.5 Å². The summed E-state index contributed by atoms with van der Waals surface area (Å²) in [5.41, 5.74) is 1.89. The summed E-state index contributed by atoms with van der Waals surface area (Å²) in [5, 5.41) is 0.649. The van der Waals surface area contributed by atoms with Crippen LogP contribution in [0, 0.1) is 5.82 Å². The first-order valence-electron chi connectivity index (χ1n) is 5.04. The van der Waals surface area contributed by atoms with Crippen LogP contribution in [0.4, 0.5) is 4.39 Å². The third kappa shape index (κ3) is 1.89. The van der Waals surface area contributed by atoms with Gasteiger partial charge in [-0.15, -0.1) is 0 Å². The zero-order valence-corrected chi connectivity index (χ0v) is 9.41. The molecule has 0 aliphatic rings. The van der Waals surface area contributed by atoms with Gasteiger partial charge in [-0.05, 0) is 36.4 Å². The second-order valence-corrected chi connectivity index (χ2v) is 4.07. The summed E-state index contributed by atoms with van der Waals surface area (Å²) in [6.45, 7) is 0. The van der Waals surface area contributed by atoms with Gasteiger partial charge in [0, 0.05) is 16.7 Å². The Labute approximate surface area is 102 Å². The summed E-state index contributed by atoms with van der Waals surface area (Å²) < 4.78 is 18.5. The van der Waals surface area contributed by atoms with Gasteiger partial charge in [0.05, 0.1) is 0 Å². The fourth-order valence-electron chi connectivity index (χ4n) is 1.61. The quantitative estimate of drug-likeness (QED) is 0.641. The van der Waals surface area contributed by atoms with E-state index >= 15 is 0 Å². The van der Waals surface area contributed by atoms with Crippen molar-refractivity contribution >= 4 is 22.7 Å². The molecule has 2 nitrogen and oxygen atoms in total. The molecule has 0 unspecified atom stereocenters. The van der Waals surface area contributed by atoms with E-state index < -0.39 is 0 Å². The average molecular weight is 248 g/mol. The summed E-state index contributed by atoms with van der Waals surface area (Å²) >= 11 is 5.80. The van der Waals surface area contributed by atoms with E-state index in [1.807, 2.05) is 12.1 Å². The molecule has 4 heteroatoms. The van der Waals surface area contributed by atoms with Gasteiger partial charge in [-0.25, -0.2) is 9.37 Å². The molecule has 0 saturated heterocycles. The van der Waals surface area contributed by atoms with Gasteiger partial charge in [0.25, 0.3) is 0 Å². The van der Waals surface area contributed by atoms with Crippen LogP contribution in [0.5, 0.6) is 0 Å². The van der Waals surface area contributed by atoms with Gasteiger partial charge in [0.15, 0.2) is 5.58 Å². The Balaban J connectivity index is 2.14. The Kier molecular flexibility index (Phi) is 2.34. The standard InChI is InChI=1S/C13H7ClFNO/c14-9-3-1-8(2-4-9)13-16-11-6-5-10(15)7-12(11)17-13/h1-7H. The predicted octanol–water partition coefficient (Wildman–Crippen LogP) is 4.29. The van der Waals surface area contributed by atoms with Crippen molar-refractivity contribution in [3.05, 3.63) is 53.3 Å². The minimum atomic E-state index is -0.337. The van der Waals surface area contributed by atoms with Crippen molar-refractivity contribution in [2.75, 3.05) is 0 Å².